The third kappa shape index (κ3) is 2.92. The summed E-state index contributed by atoms with van der Waals surface area (Å²) < 4.78 is 0. The monoisotopic (exact) mass is 213 g/mol. The predicted octanol–water partition coefficient (Wildman–Crippen LogP) is 0.709. The Balaban J connectivity index is 1.73. The molecule has 1 heterocycles. The molecule has 2 rings (SSSR count). The number of rotatable bonds is 5. The lowest BCUT2D eigenvalue weighted by Gasteiger charge is -2.33. The molecule has 1 aliphatic carbocycles. The van der Waals surface area contributed by atoms with E-state index < -0.39 is 0 Å². The van der Waals surface area contributed by atoms with Crippen molar-refractivity contribution in [3.8, 4) is 0 Å². The SMILES string of the molecule is OCCCN1CCCC(C2CC2CO)C1. The summed E-state index contributed by atoms with van der Waals surface area (Å²) in [4.78, 5) is 2.48. The lowest BCUT2D eigenvalue weighted by molar-refractivity contribution is 0.140. The maximum atomic E-state index is 9.07. The Kier molecular flexibility index (Phi) is 4.00. The average Bonchev–Trinajstić information content (AvgIpc) is 3.06. The summed E-state index contributed by atoms with van der Waals surface area (Å²) in [5.41, 5.74) is 0. The van der Waals surface area contributed by atoms with Crippen molar-refractivity contribution in [1.82, 2.24) is 4.90 Å². The normalized spacial score (nSPS) is 36.8. The van der Waals surface area contributed by atoms with Gasteiger partial charge in [-0.2, -0.15) is 0 Å². The second-order valence-corrected chi connectivity index (χ2v) is 5.12. The van der Waals surface area contributed by atoms with Crippen molar-refractivity contribution >= 4 is 0 Å². The van der Waals surface area contributed by atoms with E-state index in [9.17, 15) is 0 Å². The molecule has 2 fully saturated rings. The third-order valence-corrected chi connectivity index (χ3v) is 3.99. The number of piperidine rings is 1. The summed E-state index contributed by atoms with van der Waals surface area (Å²) >= 11 is 0. The molecule has 0 aromatic rings. The topological polar surface area (TPSA) is 43.7 Å². The van der Waals surface area contributed by atoms with Crippen LogP contribution >= 0.6 is 0 Å². The standard InChI is InChI=1S/C12H23NO2/c14-6-2-5-13-4-1-3-10(8-13)12-7-11(12)9-15/h10-12,14-15H,1-9H2. The molecule has 0 aromatic heterocycles. The lowest BCUT2D eigenvalue weighted by Crippen LogP contribution is -2.37. The first kappa shape index (κ1) is 11.4. The molecule has 0 amide bonds. The molecular weight excluding hydrogens is 190 g/mol. The van der Waals surface area contributed by atoms with Gasteiger partial charge in [0.1, 0.15) is 0 Å². The fraction of sp³-hybridized carbons (Fsp3) is 1.00. The molecule has 0 spiro atoms. The van der Waals surface area contributed by atoms with Crippen molar-refractivity contribution in [3.05, 3.63) is 0 Å². The highest BCUT2D eigenvalue weighted by atomic mass is 16.3. The summed E-state index contributed by atoms with van der Waals surface area (Å²) in [5, 5.41) is 17.9. The van der Waals surface area contributed by atoms with Gasteiger partial charge in [0, 0.05) is 26.3 Å². The van der Waals surface area contributed by atoms with Gasteiger partial charge in [-0.15, -0.1) is 0 Å². The van der Waals surface area contributed by atoms with Crippen LogP contribution in [0.1, 0.15) is 25.7 Å². The fourth-order valence-corrected chi connectivity index (χ4v) is 3.00. The highest BCUT2D eigenvalue weighted by molar-refractivity contribution is 4.93. The molecule has 2 N–H and O–H groups in total. The van der Waals surface area contributed by atoms with Crippen LogP contribution in [0.2, 0.25) is 0 Å². The average molecular weight is 213 g/mol. The largest absolute Gasteiger partial charge is 0.396 e. The van der Waals surface area contributed by atoms with Crippen LogP contribution in [-0.4, -0.2) is 48.0 Å². The van der Waals surface area contributed by atoms with Crippen LogP contribution in [0.15, 0.2) is 0 Å². The van der Waals surface area contributed by atoms with Gasteiger partial charge < -0.3 is 15.1 Å². The summed E-state index contributed by atoms with van der Waals surface area (Å²) in [6, 6.07) is 0. The Morgan fingerprint density at radius 3 is 2.80 bits per heavy atom. The van der Waals surface area contributed by atoms with Gasteiger partial charge >= 0.3 is 0 Å². The van der Waals surface area contributed by atoms with Crippen molar-refractivity contribution in [2.24, 2.45) is 17.8 Å². The highest BCUT2D eigenvalue weighted by Crippen LogP contribution is 2.46. The van der Waals surface area contributed by atoms with E-state index >= 15 is 0 Å². The molecule has 3 unspecified atom stereocenters. The molecule has 0 aromatic carbocycles. The summed E-state index contributed by atoms with van der Waals surface area (Å²) in [5.74, 6) is 2.22. The van der Waals surface area contributed by atoms with Gasteiger partial charge in [0.05, 0.1) is 0 Å². The first-order valence-electron chi connectivity index (χ1n) is 6.29. The van der Waals surface area contributed by atoms with Gasteiger partial charge in [-0.25, -0.2) is 0 Å². The first-order chi connectivity index (χ1) is 7.35. The van der Waals surface area contributed by atoms with Crippen molar-refractivity contribution in [3.63, 3.8) is 0 Å². The van der Waals surface area contributed by atoms with Crippen LogP contribution in [-0.2, 0) is 0 Å². The number of likely N-dealkylation sites (tertiary alicyclic amines) is 1. The molecule has 1 aliphatic heterocycles. The van der Waals surface area contributed by atoms with Crippen molar-refractivity contribution in [2.75, 3.05) is 32.8 Å². The van der Waals surface area contributed by atoms with Crippen LogP contribution in [0.5, 0.6) is 0 Å². The molecule has 1 saturated heterocycles. The molecule has 1 saturated carbocycles. The number of hydrogen-bond acceptors (Lipinski definition) is 3. The molecule has 3 nitrogen and oxygen atoms in total. The minimum absolute atomic E-state index is 0.309. The van der Waals surface area contributed by atoms with E-state index in [1.165, 1.54) is 32.4 Å². The van der Waals surface area contributed by atoms with E-state index in [1.54, 1.807) is 0 Å². The quantitative estimate of drug-likeness (QED) is 0.707. The van der Waals surface area contributed by atoms with E-state index in [-0.39, 0.29) is 0 Å². The van der Waals surface area contributed by atoms with Crippen LogP contribution in [0.25, 0.3) is 0 Å². The number of hydrogen-bond donors (Lipinski definition) is 2. The summed E-state index contributed by atoms with van der Waals surface area (Å²) in [7, 11) is 0. The zero-order chi connectivity index (χ0) is 10.7. The van der Waals surface area contributed by atoms with Gasteiger partial charge in [-0.3, -0.25) is 0 Å². The van der Waals surface area contributed by atoms with Gasteiger partial charge in [0.15, 0.2) is 0 Å². The molecular formula is C12H23NO2. The van der Waals surface area contributed by atoms with Crippen LogP contribution in [0, 0.1) is 17.8 Å². The van der Waals surface area contributed by atoms with E-state index in [0.717, 1.165) is 24.8 Å². The molecule has 3 atom stereocenters. The highest BCUT2D eigenvalue weighted by Gasteiger charge is 2.43. The molecule has 0 radical (unpaired) electrons. The minimum atomic E-state index is 0.309. The molecule has 2 aliphatic rings. The van der Waals surface area contributed by atoms with Crippen LogP contribution in [0.4, 0.5) is 0 Å². The lowest BCUT2D eigenvalue weighted by atomic mass is 9.92. The molecule has 3 heteroatoms. The minimum Gasteiger partial charge on any atom is -0.396 e. The molecule has 88 valence electrons. The van der Waals surface area contributed by atoms with Crippen molar-refractivity contribution in [2.45, 2.75) is 25.7 Å². The van der Waals surface area contributed by atoms with Gasteiger partial charge in [-0.05, 0) is 50.0 Å². The van der Waals surface area contributed by atoms with E-state index in [4.69, 9.17) is 10.2 Å². The van der Waals surface area contributed by atoms with E-state index in [1.807, 2.05) is 0 Å². The van der Waals surface area contributed by atoms with Crippen molar-refractivity contribution < 1.29 is 10.2 Å². The summed E-state index contributed by atoms with van der Waals surface area (Å²) in [6.07, 6.45) is 4.79. The second kappa shape index (κ2) is 5.28. The van der Waals surface area contributed by atoms with E-state index in [0.29, 0.717) is 19.1 Å². The van der Waals surface area contributed by atoms with Crippen LogP contribution in [0.3, 0.4) is 0 Å². The Labute approximate surface area is 92.1 Å². The Morgan fingerprint density at radius 2 is 2.13 bits per heavy atom. The molecule has 0 bridgehead atoms. The fourth-order valence-electron chi connectivity index (χ4n) is 3.00. The number of aliphatic hydroxyl groups is 2. The smallest absolute Gasteiger partial charge is 0.0462 e. The van der Waals surface area contributed by atoms with Gasteiger partial charge in [-0.1, -0.05) is 0 Å². The Morgan fingerprint density at radius 1 is 1.27 bits per heavy atom. The molecule has 15 heavy (non-hydrogen) atoms. The zero-order valence-electron chi connectivity index (χ0n) is 9.44. The van der Waals surface area contributed by atoms with Crippen molar-refractivity contribution in [1.29, 1.82) is 0 Å². The van der Waals surface area contributed by atoms with Gasteiger partial charge in [0.25, 0.3) is 0 Å². The second-order valence-electron chi connectivity index (χ2n) is 5.12. The maximum Gasteiger partial charge on any atom is 0.0462 e. The Bertz CT molecular complexity index is 198. The predicted molar refractivity (Wildman–Crippen MR) is 59.5 cm³/mol. The number of aliphatic hydroxyl groups excluding tert-OH is 2. The van der Waals surface area contributed by atoms with Gasteiger partial charge in [0.2, 0.25) is 0 Å². The van der Waals surface area contributed by atoms with E-state index in [2.05, 4.69) is 4.90 Å². The first-order valence-corrected chi connectivity index (χ1v) is 6.29. The zero-order valence-corrected chi connectivity index (χ0v) is 9.44. The summed E-state index contributed by atoms with van der Waals surface area (Å²) in [6.45, 7) is 4.14. The maximum absolute atomic E-state index is 9.07. The Hall–Kier alpha value is -0.120. The van der Waals surface area contributed by atoms with Crippen LogP contribution < -0.4 is 0 Å². The third-order valence-electron chi connectivity index (χ3n) is 3.99. The number of nitrogens with zero attached hydrogens (tertiary/aromatic N) is 1.